The lowest BCUT2D eigenvalue weighted by Gasteiger charge is -2.47. The third-order valence-electron chi connectivity index (χ3n) is 12.0. The van der Waals surface area contributed by atoms with Crippen LogP contribution in [0.4, 0.5) is 17.1 Å². The number of aromatic nitrogens is 4. The first-order valence-corrected chi connectivity index (χ1v) is 20.1. The fourth-order valence-corrected chi connectivity index (χ4v) is 9.35. The highest BCUT2D eigenvalue weighted by Gasteiger charge is 2.47. The highest BCUT2D eigenvalue weighted by Crippen LogP contribution is 2.59. The van der Waals surface area contributed by atoms with E-state index in [0.29, 0.717) is 17.5 Å². The average Bonchev–Trinajstić information content (AvgIpc) is 3.69. The third-order valence-corrected chi connectivity index (χ3v) is 12.0. The first kappa shape index (κ1) is 34.6. The number of H-pyrrole nitrogens is 1. The average molecular weight is 758 g/mol. The first-order valence-electron chi connectivity index (χ1n) is 20.1. The minimum absolute atomic E-state index is 0.638. The second kappa shape index (κ2) is 13.8. The van der Waals surface area contributed by atoms with Gasteiger partial charge in [-0.05, 0) is 77.6 Å². The predicted molar refractivity (Wildman–Crippen MR) is 242 cm³/mol. The molecule has 10 aromatic rings. The van der Waals surface area contributed by atoms with Gasteiger partial charge in [0.25, 0.3) is 0 Å². The second-order valence-corrected chi connectivity index (χ2v) is 15.4. The van der Waals surface area contributed by atoms with Crippen LogP contribution < -0.4 is 4.90 Å². The van der Waals surface area contributed by atoms with E-state index in [1.54, 1.807) is 0 Å². The summed E-state index contributed by atoms with van der Waals surface area (Å²) in [5.41, 5.74) is 15.0. The highest BCUT2D eigenvalue weighted by atomic mass is 15.2. The van der Waals surface area contributed by atoms with E-state index in [1.165, 1.54) is 33.0 Å². The molecule has 0 saturated heterocycles. The molecule has 5 heteroatoms. The van der Waals surface area contributed by atoms with Gasteiger partial charge in [0.1, 0.15) is 0 Å². The molecule has 0 unspecified atom stereocenters. The lowest BCUT2D eigenvalue weighted by Crippen LogP contribution is -2.38. The number of benzene rings is 8. The number of anilines is 3. The molecule has 1 N–H and O–H groups in total. The normalized spacial score (nSPS) is 13.0. The highest BCUT2D eigenvalue weighted by molar-refractivity contribution is 6.09. The van der Waals surface area contributed by atoms with E-state index in [9.17, 15) is 0 Å². The molecule has 8 aromatic carbocycles. The van der Waals surface area contributed by atoms with Gasteiger partial charge in [0.2, 0.25) is 0 Å². The van der Waals surface area contributed by atoms with E-state index in [-0.39, 0.29) is 0 Å². The van der Waals surface area contributed by atoms with E-state index in [1.807, 2.05) is 36.4 Å². The van der Waals surface area contributed by atoms with Gasteiger partial charge >= 0.3 is 0 Å². The van der Waals surface area contributed by atoms with Crippen molar-refractivity contribution in [1.29, 1.82) is 0 Å². The van der Waals surface area contributed by atoms with E-state index < -0.39 is 5.41 Å². The van der Waals surface area contributed by atoms with Crippen LogP contribution in [0.5, 0.6) is 0 Å². The zero-order chi connectivity index (χ0) is 39.5. The van der Waals surface area contributed by atoms with Crippen molar-refractivity contribution in [2.75, 3.05) is 4.90 Å². The number of aromatic amines is 1. The lowest BCUT2D eigenvalue weighted by atomic mass is 9.62. The summed E-state index contributed by atoms with van der Waals surface area (Å²) in [5, 5.41) is 2.44. The number of para-hydroxylation sites is 4. The summed E-state index contributed by atoms with van der Waals surface area (Å²) in [6.07, 6.45) is 0. The maximum atomic E-state index is 5.10. The summed E-state index contributed by atoms with van der Waals surface area (Å²) in [4.78, 5) is 21.5. The van der Waals surface area contributed by atoms with Gasteiger partial charge in [0, 0.05) is 38.7 Å². The Labute approximate surface area is 343 Å². The Morgan fingerprint density at radius 1 is 0.424 bits per heavy atom. The van der Waals surface area contributed by atoms with Crippen LogP contribution in [0.1, 0.15) is 33.4 Å². The summed E-state index contributed by atoms with van der Waals surface area (Å²) >= 11 is 0. The summed E-state index contributed by atoms with van der Waals surface area (Å²) in [7, 11) is 0. The van der Waals surface area contributed by atoms with Gasteiger partial charge in [-0.2, -0.15) is 0 Å². The molecule has 0 radical (unpaired) electrons. The van der Waals surface area contributed by atoms with Crippen LogP contribution >= 0.6 is 0 Å². The molecule has 0 spiro atoms. The predicted octanol–water partition coefficient (Wildman–Crippen LogP) is 13.3. The van der Waals surface area contributed by atoms with Gasteiger partial charge in [-0.25, -0.2) is 15.0 Å². The van der Waals surface area contributed by atoms with Crippen molar-refractivity contribution >= 4 is 38.9 Å². The van der Waals surface area contributed by atoms with Crippen LogP contribution in [0.25, 0.3) is 56.0 Å². The topological polar surface area (TPSA) is 57.7 Å². The van der Waals surface area contributed by atoms with Crippen molar-refractivity contribution in [3.63, 3.8) is 0 Å². The molecule has 0 amide bonds. The molecule has 1 aliphatic heterocycles. The van der Waals surface area contributed by atoms with E-state index in [4.69, 9.17) is 15.0 Å². The number of fused-ring (bicyclic) bond motifs is 5. The molecule has 59 heavy (non-hydrogen) atoms. The van der Waals surface area contributed by atoms with Gasteiger partial charge in [-0.15, -0.1) is 0 Å². The number of nitrogens with one attached hydrogen (secondary N) is 1. The van der Waals surface area contributed by atoms with Crippen LogP contribution in [0, 0.1) is 13.8 Å². The largest absolute Gasteiger partial charge is 0.354 e. The van der Waals surface area contributed by atoms with Gasteiger partial charge in [0.15, 0.2) is 17.5 Å². The number of nitrogens with zero attached hydrogens (tertiary/aromatic N) is 4. The molecule has 0 fully saturated rings. The summed E-state index contributed by atoms with van der Waals surface area (Å²) in [6, 6.07) is 69.2. The van der Waals surface area contributed by atoms with Crippen LogP contribution in [-0.4, -0.2) is 19.9 Å². The maximum absolute atomic E-state index is 5.10. The van der Waals surface area contributed by atoms with Gasteiger partial charge in [-0.3, -0.25) is 0 Å². The standard InChI is InChI=1S/C54H39N5/c1-35-34-49(36(2)33-42(35)53-57-51(37-19-6-3-7-20-37)56-52(58-53)38-21-8-4-9-22-38)59-47-31-16-13-27-43(47)54(39-23-10-5-11-24-39,44-28-14-17-32-48(44)59)45-29-18-26-41-40-25-12-15-30-46(40)55-50(41)45/h3-34,55H,1-2H3. The number of hydrogen-bond acceptors (Lipinski definition) is 4. The molecule has 280 valence electrons. The molecule has 0 saturated carbocycles. The van der Waals surface area contributed by atoms with Crippen LogP contribution in [-0.2, 0) is 5.41 Å². The molecule has 1 aliphatic rings. The van der Waals surface area contributed by atoms with Gasteiger partial charge in [0.05, 0.1) is 22.3 Å². The first-order chi connectivity index (χ1) is 29.1. The van der Waals surface area contributed by atoms with Crippen molar-refractivity contribution in [1.82, 2.24) is 19.9 Å². The van der Waals surface area contributed by atoms with Crippen molar-refractivity contribution in [2.24, 2.45) is 0 Å². The summed E-state index contributed by atoms with van der Waals surface area (Å²) in [5.74, 6) is 1.95. The smallest absolute Gasteiger partial charge is 0.164 e. The Bertz CT molecular complexity index is 3080. The molecule has 0 aliphatic carbocycles. The zero-order valence-electron chi connectivity index (χ0n) is 32.8. The van der Waals surface area contributed by atoms with Crippen molar-refractivity contribution in [3.05, 3.63) is 228 Å². The molecule has 5 nitrogen and oxygen atoms in total. The minimum atomic E-state index is -0.638. The molecular formula is C54H39N5. The van der Waals surface area contributed by atoms with Gasteiger partial charge in [-0.1, -0.05) is 164 Å². The molecule has 0 bridgehead atoms. The minimum Gasteiger partial charge on any atom is -0.354 e. The Kier molecular flexibility index (Phi) is 8.09. The second-order valence-electron chi connectivity index (χ2n) is 15.4. The van der Waals surface area contributed by atoms with Crippen LogP contribution in [0.3, 0.4) is 0 Å². The van der Waals surface area contributed by atoms with E-state index in [0.717, 1.165) is 55.9 Å². The molecule has 3 heterocycles. The fourth-order valence-electron chi connectivity index (χ4n) is 9.35. The Morgan fingerprint density at radius 3 is 1.58 bits per heavy atom. The monoisotopic (exact) mass is 757 g/mol. The molecule has 0 atom stereocenters. The van der Waals surface area contributed by atoms with Crippen LogP contribution in [0.2, 0.25) is 0 Å². The number of aryl methyl sites for hydroxylation is 2. The maximum Gasteiger partial charge on any atom is 0.164 e. The molecular weight excluding hydrogens is 719 g/mol. The zero-order valence-corrected chi connectivity index (χ0v) is 32.8. The fraction of sp³-hybridized carbons (Fsp3) is 0.0556. The van der Waals surface area contributed by atoms with Crippen molar-refractivity contribution in [3.8, 4) is 34.2 Å². The van der Waals surface area contributed by atoms with Crippen molar-refractivity contribution in [2.45, 2.75) is 19.3 Å². The van der Waals surface area contributed by atoms with Crippen molar-refractivity contribution < 1.29 is 0 Å². The summed E-state index contributed by atoms with van der Waals surface area (Å²) in [6.45, 7) is 4.37. The Morgan fingerprint density at radius 2 is 0.932 bits per heavy atom. The Balaban J connectivity index is 1.14. The summed E-state index contributed by atoms with van der Waals surface area (Å²) < 4.78 is 0. The van der Waals surface area contributed by atoms with Crippen LogP contribution in [0.15, 0.2) is 194 Å². The number of rotatable bonds is 6. The quantitative estimate of drug-likeness (QED) is 0.183. The molecule has 11 rings (SSSR count). The number of hydrogen-bond donors (Lipinski definition) is 1. The SMILES string of the molecule is Cc1cc(N2c3ccccc3C(c3ccccc3)(c3cccc4c3[nH]c3ccccc34)c3ccccc32)c(C)cc1-c1nc(-c2ccccc2)nc(-c2ccccc2)n1. The van der Waals surface area contributed by atoms with E-state index >= 15 is 0 Å². The lowest BCUT2D eigenvalue weighted by molar-refractivity contribution is 0.736. The third kappa shape index (κ3) is 5.43. The Hall–Kier alpha value is -7.63. The molecule has 2 aromatic heterocycles. The van der Waals surface area contributed by atoms with Gasteiger partial charge < -0.3 is 9.88 Å². The van der Waals surface area contributed by atoms with E-state index in [2.05, 4.69) is 181 Å².